The predicted molar refractivity (Wildman–Crippen MR) is 82.6 cm³/mol. The molecule has 1 aromatic rings. The van der Waals surface area contributed by atoms with Crippen LogP contribution in [0, 0.1) is 5.41 Å². The first kappa shape index (κ1) is 14.9. The average molecular weight is 294 g/mol. The molecule has 1 saturated heterocycles. The molecule has 20 heavy (non-hydrogen) atoms. The third kappa shape index (κ3) is 2.96. The number of anilines is 1. The van der Waals surface area contributed by atoms with Crippen molar-refractivity contribution >= 4 is 29.4 Å². The van der Waals surface area contributed by atoms with Crippen LogP contribution in [0.1, 0.15) is 43.2 Å². The van der Waals surface area contributed by atoms with E-state index in [-0.39, 0.29) is 5.91 Å². The van der Waals surface area contributed by atoms with Crippen molar-refractivity contribution < 1.29 is 4.79 Å². The molecule has 0 spiro atoms. The smallest absolute Gasteiger partial charge is 0.222 e. The number of nitrogens with zero attached hydrogens (tertiary/aromatic N) is 1. The summed E-state index contributed by atoms with van der Waals surface area (Å²) in [5.41, 5.74) is 8.28. The predicted octanol–water partition coefficient (Wildman–Crippen LogP) is 3.04. The van der Waals surface area contributed by atoms with Crippen LogP contribution >= 0.6 is 11.6 Å². The van der Waals surface area contributed by atoms with Crippen molar-refractivity contribution in [2.24, 2.45) is 0 Å². The number of benzene rings is 1. The lowest BCUT2D eigenvalue weighted by molar-refractivity contribution is -0.131. The van der Waals surface area contributed by atoms with E-state index in [1.165, 1.54) is 6.21 Å². The molecule has 3 N–H and O–H groups in total. The van der Waals surface area contributed by atoms with Crippen molar-refractivity contribution in [1.82, 2.24) is 4.90 Å². The molecule has 0 unspecified atom stereocenters. The Hall–Kier alpha value is -1.55. The fraction of sp³-hybridized carbons (Fsp3) is 0.467. The molecule has 0 bridgehead atoms. The zero-order valence-corrected chi connectivity index (χ0v) is 12.4. The van der Waals surface area contributed by atoms with Gasteiger partial charge in [0.2, 0.25) is 5.91 Å². The van der Waals surface area contributed by atoms with E-state index >= 15 is 0 Å². The van der Waals surface area contributed by atoms with Gasteiger partial charge in [0.15, 0.2) is 0 Å². The van der Waals surface area contributed by atoms with Gasteiger partial charge < -0.3 is 16.0 Å². The number of nitrogens with one attached hydrogen (secondary N) is 1. The number of hydrogen-bond donors (Lipinski definition) is 2. The summed E-state index contributed by atoms with van der Waals surface area (Å²) >= 11 is 6.08. The summed E-state index contributed by atoms with van der Waals surface area (Å²) in [4.78, 5) is 13.6. The molecule has 1 heterocycles. The molecule has 1 aliphatic heterocycles. The highest BCUT2D eigenvalue weighted by Crippen LogP contribution is 2.34. The molecule has 5 heteroatoms. The van der Waals surface area contributed by atoms with E-state index in [0.29, 0.717) is 23.0 Å². The highest BCUT2D eigenvalue weighted by Gasteiger charge is 2.25. The molecule has 1 fully saturated rings. The number of carbonyl (C=O) groups is 1. The third-order valence-electron chi connectivity index (χ3n) is 3.94. The van der Waals surface area contributed by atoms with E-state index in [1.807, 2.05) is 17.9 Å². The van der Waals surface area contributed by atoms with Crippen LogP contribution in [0.4, 0.5) is 5.69 Å². The first-order chi connectivity index (χ1) is 9.56. The number of halogens is 1. The average Bonchev–Trinajstić information content (AvgIpc) is 2.46. The highest BCUT2D eigenvalue weighted by molar-refractivity contribution is 6.31. The molecule has 0 radical (unpaired) electrons. The topological polar surface area (TPSA) is 70.2 Å². The monoisotopic (exact) mass is 293 g/mol. The van der Waals surface area contributed by atoms with Gasteiger partial charge in [-0.1, -0.05) is 18.5 Å². The summed E-state index contributed by atoms with van der Waals surface area (Å²) in [7, 11) is 0. The Kier molecular flexibility index (Phi) is 4.65. The molecular formula is C15H20ClN3O. The highest BCUT2D eigenvalue weighted by atomic mass is 35.5. The van der Waals surface area contributed by atoms with Crippen LogP contribution in [0.2, 0.25) is 5.02 Å². The SMILES string of the molecule is CCC(=O)N1CCC(c2cc(Cl)cc(N)c2C=N)CC1. The van der Waals surface area contributed by atoms with E-state index in [9.17, 15) is 4.79 Å². The third-order valence-corrected chi connectivity index (χ3v) is 4.16. The van der Waals surface area contributed by atoms with Gasteiger partial charge in [-0.05, 0) is 36.5 Å². The second kappa shape index (κ2) is 6.27. The van der Waals surface area contributed by atoms with Gasteiger partial charge in [-0.2, -0.15) is 0 Å². The van der Waals surface area contributed by atoms with E-state index < -0.39 is 0 Å². The first-order valence-corrected chi connectivity index (χ1v) is 7.31. The fourth-order valence-corrected chi connectivity index (χ4v) is 3.06. The van der Waals surface area contributed by atoms with Gasteiger partial charge in [-0.25, -0.2) is 0 Å². The van der Waals surface area contributed by atoms with Gasteiger partial charge in [0, 0.05) is 42.0 Å². The zero-order chi connectivity index (χ0) is 14.7. The number of amides is 1. The Labute approximate surface area is 124 Å². The van der Waals surface area contributed by atoms with E-state index in [2.05, 4.69) is 0 Å². The van der Waals surface area contributed by atoms with Gasteiger partial charge in [0.1, 0.15) is 0 Å². The molecule has 0 atom stereocenters. The Bertz CT molecular complexity index is 522. The number of carbonyl (C=O) groups excluding carboxylic acids is 1. The maximum Gasteiger partial charge on any atom is 0.222 e. The number of piperidine rings is 1. The molecule has 1 amide bonds. The maximum atomic E-state index is 11.7. The van der Waals surface area contributed by atoms with E-state index in [1.54, 1.807) is 6.07 Å². The van der Waals surface area contributed by atoms with Crippen molar-refractivity contribution in [3.8, 4) is 0 Å². The van der Waals surface area contributed by atoms with Gasteiger partial charge in [-0.15, -0.1) is 0 Å². The maximum absolute atomic E-state index is 11.7. The molecule has 1 aliphatic rings. The van der Waals surface area contributed by atoms with Crippen molar-refractivity contribution in [2.75, 3.05) is 18.8 Å². The minimum atomic E-state index is 0.210. The first-order valence-electron chi connectivity index (χ1n) is 6.94. The molecular weight excluding hydrogens is 274 g/mol. The van der Waals surface area contributed by atoms with Crippen molar-refractivity contribution in [3.05, 3.63) is 28.3 Å². The van der Waals surface area contributed by atoms with Crippen LogP contribution < -0.4 is 5.73 Å². The lowest BCUT2D eigenvalue weighted by atomic mass is 9.86. The fourth-order valence-electron chi connectivity index (χ4n) is 2.83. The minimum Gasteiger partial charge on any atom is -0.398 e. The molecule has 1 aromatic carbocycles. The Morgan fingerprint density at radius 1 is 1.50 bits per heavy atom. The largest absolute Gasteiger partial charge is 0.398 e. The van der Waals surface area contributed by atoms with Crippen molar-refractivity contribution in [3.63, 3.8) is 0 Å². The van der Waals surface area contributed by atoms with Crippen LogP contribution in [0.3, 0.4) is 0 Å². The standard InChI is InChI=1S/C15H20ClN3O/c1-2-15(20)19-5-3-10(4-6-19)12-7-11(16)8-14(18)13(12)9-17/h7-10,17H,2-6,18H2,1H3. The number of likely N-dealkylation sites (tertiary alicyclic amines) is 1. The quantitative estimate of drug-likeness (QED) is 0.664. The summed E-state index contributed by atoms with van der Waals surface area (Å²) in [5, 5.41) is 8.15. The van der Waals surface area contributed by atoms with Gasteiger partial charge in [0.05, 0.1) is 0 Å². The van der Waals surface area contributed by atoms with E-state index in [4.69, 9.17) is 22.7 Å². The molecule has 0 aliphatic carbocycles. The summed E-state index contributed by atoms with van der Waals surface area (Å²) in [5.74, 6) is 0.523. The molecule has 108 valence electrons. The van der Waals surface area contributed by atoms with Crippen LogP contribution in [-0.2, 0) is 4.79 Å². The normalized spacial score (nSPS) is 16.2. The number of nitrogens with two attached hydrogens (primary N) is 1. The van der Waals surface area contributed by atoms with Crippen LogP contribution in [0.5, 0.6) is 0 Å². The Balaban J connectivity index is 2.18. The summed E-state index contributed by atoms with van der Waals surface area (Å²) in [6, 6.07) is 3.58. The number of rotatable bonds is 3. The van der Waals surface area contributed by atoms with Crippen LogP contribution in [-0.4, -0.2) is 30.1 Å². The Morgan fingerprint density at radius 3 is 2.70 bits per heavy atom. The summed E-state index contributed by atoms with van der Waals surface area (Å²) in [6.07, 6.45) is 3.64. The molecule has 0 saturated carbocycles. The Morgan fingerprint density at radius 2 is 2.15 bits per heavy atom. The molecule has 2 rings (SSSR count). The number of hydrogen-bond acceptors (Lipinski definition) is 3. The van der Waals surface area contributed by atoms with Crippen LogP contribution in [0.15, 0.2) is 12.1 Å². The van der Waals surface area contributed by atoms with Crippen molar-refractivity contribution in [1.29, 1.82) is 5.41 Å². The van der Waals surface area contributed by atoms with Gasteiger partial charge >= 0.3 is 0 Å². The number of nitrogen functional groups attached to an aromatic ring is 1. The summed E-state index contributed by atoms with van der Waals surface area (Å²) < 4.78 is 0. The molecule has 0 aromatic heterocycles. The van der Waals surface area contributed by atoms with E-state index in [0.717, 1.165) is 37.1 Å². The second-order valence-corrected chi connectivity index (χ2v) is 5.59. The van der Waals surface area contributed by atoms with Gasteiger partial charge in [0.25, 0.3) is 0 Å². The van der Waals surface area contributed by atoms with Crippen LogP contribution in [0.25, 0.3) is 0 Å². The van der Waals surface area contributed by atoms with Crippen molar-refractivity contribution in [2.45, 2.75) is 32.1 Å². The lowest BCUT2D eigenvalue weighted by Crippen LogP contribution is -2.37. The zero-order valence-electron chi connectivity index (χ0n) is 11.7. The van der Waals surface area contributed by atoms with Gasteiger partial charge in [-0.3, -0.25) is 4.79 Å². The lowest BCUT2D eigenvalue weighted by Gasteiger charge is -2.33. The minimum absolute atomic E-state index is 0.210. The molecule has 4 nitrogen and oxygen atoms in total. The summed E-state index contributed by atoms with van der Waals surface area (Å²) in [6.45, 7) is 3.42. The second-order valence-electron chi connectivity index (χ2n) is 5.15.